The van der Waals surface area contributed by atoms with E-state index in [-0.39, 0.29) is 0 Å². The van der Waals surface area contributed by atoms with Gasteiger partial charge in [0.2, 0.25) is 5.13 Å². The number of rotatable bonds is 5. The molecular formula is C11H12ClN3S2. The zero-order valence-electron chi connectivity index (χ0n) is 9.31. The monoisotopic (exact) mass is 285 g/mol. The molecule has 0 fully saturated rings. The van der Waals surface area contributed by atoms with Gasteiger partial charge >= 0.3 is 0 Å². The van der Waals surface area contributed by atoms with Gasteiger partial charge in [-0.2, -0.15) is 0 Å². The minimum Gasteiger partial charge on any atom is -0.360 e. The van der Waals surface area contributed by atoms with Crippen LogP contribution in [-0.2, 0) is 5.75 Å². The van der Waals surface area contributed by atoms with Crippen LogP contribution in [0.25, 0.3) is 0 Å². The maximum atomic E-state index is 5.92. The first kappa shape index (κ1) is 12.7. The molecule has 0 unspecified atom stereocenters. The third-order valence-corrected chi connectivity index (χ3v) is 4.26. The molecule has 1 aromatic carbocycles. The summed E-state index contributed by atoms with van der Waals surface area (Å²) in [6, 6.07) is 7.83. The number of nitrogens with one attached hydrogen (secondary N) is 1. The molecule has 90 valence electrons. The van der Waals surface area contributed by atoms with Crippen LogP contribution in [0.4, 0.5) is 5.13 Å². The van der Waals surface area contributed by atoms with Crippen LogP contribution in [0.15, 0.2) is 29.2 Å². The number of thioether (sulfide) groups is 1. The largest absolute Gasteiger partial charge is 0.360 e. The van der Waals surface area contributed by atoms with Crippen molar-refractivity contribution in [1.82, 2.24) is 10.2 Å². The van der Waals surface area contributed by atoms with Gasteiger partial charge in [-0.3, -0.25) is 0 Å². The molecule has 3 nitrogen and oxygen atoms in total. The Morgan fingerprint density at radius 1 is 1.41 bits per heavy atom. The Hall–Kier alpha value is -0.780. The molecule has 0 radical (unpaired) electrons. The van der Waals surface area contributed by atoms with Gasteiger partial charge < -0.3 is 5.32 Å². The highest BCUT2D eigenvalue weighted by Gasteiger charge is 2.04. The Labute approximate surface area is 114 Å². The third kappa shape index (κ3) is 3.87. The van der Waals surface area contributed by atoms with E-state index in [2.05, 4.69) is 15.5 Å². The van der Waals surface area contributed by atoms with Crippen molar-refractivity contribution in [3.8, 4) is 0 Å². The fraction of sp³-hybridized carbons (Fsp3) is 0.273. The average molecular weight is 286 g/mol. The first-order valence-electron chi connectivity index (χ1n) is 5.22. The zero-order valence-corrected chi connectivity index (χ0v) is 11.7. The second-order valence-corrected chi connectivity index (χ2v) is 5.82. The van der Waals surface area contributed by atoms with Gasteiger partial charge in [0.1, 0.15) is 5.01 Å². The number of nitrogens with zero attached hydrogens (tertiary/aromatic N) is 2. The van der Waals surface area contributed by atoms with Crippen molar-refractivity contribution < 1.29 is 0 Å². The maximum absolute atomic E-state index is 5.92. The summed E-state index contributed by atoms with van der Waals surface area (Å²) in [4.78, 5) is 1.15. The fourth-order valence-electron chi connectivity index (χ4n) is 1.24. The Bertz CT molecular complexity index is 487. The summed E-state index contributed by atoms with van der Waals surface area (Å²) >= 11 is 9.23. The van der Waals surface area contributed by atoms with Crippen LogP contribution in [0.5, 0.6) is 0 Å². The van der Waals surface area contributed by atoms with E-state index >= 15 is 0 Å². The molecule has 0 aliphatic heterocycles. The summed E-state index contributed by atoms with van der Waals surface area (Å²) in [7, 11) is 0. The van der Waals surface area contributed by atoms with Crippen molar-refractivity contribution >= 4 is 39.8 Å². The minimum absolute atomic E-state index is 0.764. The van der Waals surface area contributed by atoms with E-state index in [0.717, 1.165) is 32.4 Å². The molecule has 0 amide bonds. The number of benzene rings is 1. The number of hydrogen-bond donors (Lipinski definition) is 1. The predicted octanol–water partition coefficient (Wildman–Crippen LogP) is 3.92. The number of anilines is 1. The molecule has 0 bridgehead atoms. The van der Waals surface area contributed by atoms with Gasteiger partial charge in [0.25, 0.3) is 0 Å². The molecule has 0 atom stereocenters. The molecule has 6 heteroatoms. The Balaban J connectivity index is 1.93. The van der Waals surface area contributed by atoms with Gasteiger partial charge in [0.15, 0.2) is 0 Å². The smallest absolute Gasteiger partial charge is 0.205 e. The second kappa shape index (κ2) is 6.23. The summed E-state index contributed by atoms with van der Waals surface area (Å²) in [5.41, 5.74) is 0. The molecule has 1 N–H and O–H groups in total. The van der Waals surface area contributed by atoms with E-state index in [4.69, 9.17) is 11.6 Å². The lowest BCUT2D eigenvalue weighted by atomic mass is 10.4. The standard InChI is InChI=1S/C11H12ClN3S2/c1-2-13-11-15-14-10(17-11)7-16-9-5-3-4-8(12)6-9/h3-6H,2,7H2,1H3,(H,13,15). The lowest BCUT2D eigenvalue weighted by Crippen LogP contribution is -1.94. The molecule has 2 rings (SSSR count). The topological polar surface area (TPSA) is 37.8 Å². The molecule has 0 saturated heterocycles. The van der Waals surface area contributed by atoms with Gasteiger partial charge in [-0.05, 0) is 25.1 Å². The van der Waals surface area contributed by atoms with Gasteiger partial charge in [0, 0.05) is 16.5 Å². The van der Waals surface area contributed by atoms with Crippen molar-refractivity contribution in [1.29, 1.82) is 0 Å². The van der Waals surface area contributed by atoms with Crippen molar-refractivity contribution in [2.45, 2.75) is 17.6 Å². The van der Waals surface area contributed by atoms with Gasteiger partial charge in [-0.25, -0.2) is 0 Å². The SMILES string of the molecule is CCNc1nnc(CSc2cccc(Cl)c2)s1. The first-order valence-corrected chi connectivity index (χ1v) is 7.40. The highest BCUT2D eigenvalue weighted by atomic mass is 35.5. The number of hydrogen-bond acceptors (Lipinski definition) is 5. The molecule has 0 spiro atoms. The molecule has 17 heavy (non-hydrogen) atoms. The van der Waals surface area contributed by atoms with Gasteiger partial charge in [0.05, 0.1) is 5.75 Å². The molecule has 0 aliphatic carbocycles. The van der Waals surface area contributed by atoms with Crippen LogP contribution in [0, 0.1) is 0 Å². The van der Waals surface area contributed by atoms with E-state index in [9.17, 15) is 0 Å². The van der Waals surface area contributed by atoms with Crippen LogP contribution in [0.2, 0.25) is 5.02 Å². The van der Waals surface area contributed by atoms with E-state index in [1.807, 2.05) is 31.2 Å². The normalized spacial score (nSPS) is 10.5. The summed E-state index contributed by atoms with van der Waals surface area (Å²) in [6.07, 6.45) is 0. The van der Waals surface area contributed by atoms with E-state index in [1.165, 1.54) is 0 Å². The Kier molecular flexibility index (Phi) is 4.65. The van der Waals surface area contributed by atoms with Gasteiger partial charge in [-0.1, -0.05) is 29.0 Å². The lowest BCUT2D eigenvalue weighted by molar-refractivity contribution is 1.03. The second-order valence-electron chi connectivity index (χ2n) is 3.28. The molecule has 2 aromatic rings. The molecular weight excluding hydrogens is 274 g/mol. The van der Waals surface area contributed by atoms with Crippen LogP contribution in [0.3, 0.4) is 0 Å². The van der Waals surface area contributed by atoms with Crippen molar-refractivity contribution in [3.63, 3.8) is 0 Å². The van der Waals surface area contributed by atoms with Crippen LogP contribution in [-0.4, -0.2) is 16.7 Å². The van der Waals surface area contributed by atoms with Crippen LogP contribution >= 0.6 is 34.7 Å². The van der Waals surface area contributed by atoms with E-state index < -0.39 is 0 Å². The van der Waals surface area contributed by atoms with Crippen molar-refractivity contribution in [2.75, 3.05) is 11.9 Å². The van der Waals surface area contributed by atoms with Gasteiger partial charge in [-0.15, -0.1) is 22.0 Å². The highest BCUT2D eigenvalue weighted by Crippen LogP contribution is 2.27. The zero-order chi connectivity index (χ0) is 12.1. The summed E-state index contributed by atoms with van der Waals surface area (Å²) in [5.74, 6) is 0.823. The first-order chi connectivity index (χ1) is 8.28. The van der Waals surface area contributed by atoms with E-state index in [0.29, 0.717) is 0 Å². The summed E-state index contributed by atoms with van der Waals surface area (Å²) < 4.78 is 0. The number of aromatic nitrogens is 2. The number of halogens is 1. The van der Waals surface area contributed by atoms with Crippen LogP contribution < -0.4 is 5.32 Å². The minimum atomic E-state index is 0.764. The molecule has 0 aliphatic rings. The lowest BCUT2D eigenvalue weighted by Gasteiger charge is -1.98. The van der Waals surface area contributed by atoms with E-state index in [1.54, 1.807) is 23.1 Å². The third-order valence-electron chi connectivity index (χ3n) is 1.95. The molecule has 1 heterocycles. The predicted molar refractivity (Wildman–Crippen MR) is 75.1 cm³/mol. The summed E-state index contributed by atoms with van der Waals surface area (Å²) in [5, 5.41) is 14.0. The molecule has 0 saturated carbocycles. The quantitative estimate of drug-likeness (QED) is 0.845. The van der Waals surface area contributed by atoms with Crippen LogP contribution in [0.1, 0.15) is 11.9 Å². The fourth-order valence-corrected chi connectivity index (χ4v) is 3.24. The van der Waals surface area contributed by atoms with Crippen molar-refractivity contribution in [2.24, 2.45) is 0 Å². The van der Waals surface area contributed by atoms with Crippen molar-refractivity contribution in [3.05, 3.63) is 34.3 Å². The summed E-state index contributed by atoms with van der Waals surface area (Å²) in [6.45, 7) is 2.91. The average Bonchev–Trinajstić information content (AvgIpc) is 2.75. The molecule has 1 aromatic heterocycles. The Morgan fingerprint density at radius 2 is 2.29 bits per heavy atom. The highest BCUT2D eigenvalue weighted by molar-refractivity contribution is 7.98. The maximum Gasteiger partial charge on any atom is 0.205 e. The Morgan fingerprint density at radius 3 is 3.06 bits per heavy atom.